The number of amides is 1. The Morgan fingerprint density at radius 1 is 1.40 bits per heavy atom. The van der Waals surface area contributed by atoms with Crippen molar-refractivity contribution in [1.29, 1.82) is 0 Å². The Balaban J connectivity index is 1.90. The number of carbonyl (C=O) groups excluding carboxylic acids is 1. The number of aliphatic hydroxyl groups is 1. The maximum atomic E-state index is 11.6. The van der Waals surface area contributed by atoms with Gasteiger partial charge in [-0.3, -0.25) is 4.79 Å². The minimum Gasteiger partial charge on any atom is -0.378 e. The molecular weight excluding hydrogens is 280 g/mol. The molecule has 0 radical (unpaired) electrons. The van der Waals surface area contributed by atoms with Crippen LogP contribution in [0.25, 0.3) is 0 Å². The van der Waals surface area contributed by atoms with Crippen LogP contribution in [0.1, 0.15) is 18.6 Å². The Labute approximate surface area is 117 Å². The van der Waals surface area contributed by atoms with Gasteiger partial charge in [0.05, 0.1) is 11.5 Å². The average Bonchev–Trinajstić information content (AvgIpc) is 2.63. The van der Waals surface area contributed by atoms with Crippen LogP contribution in [0.5, 0.6) is 0 Å². The van der Waals surface area contributed by atoms with Gasteiger partial charge < -0.3 is 15.3 Å². The van der Waals surface area contributed by atoms with Crippen molar-refractivity contribution in [2.45, 2.75) is 19.1 Å². The van der Waals surface area contributed by atoms with Crippen LogP contribution in [-0.2, 0) is 14.6 Å². The topological polar surface area (TPSA) is 86.7 Å². The molecule has 2 heterocycles. The van der Waals surface area contributed by atoms with Crippen molar-refractivity contribution >= 4 is 27.1 Å². The molecule has 108 valence electrons. The van der Waals surface area contributed by atoms with Crippen LogP contribution in [0.4, 0.5) is 11.4 Å². The quantitative estimate of drug-likeness (QED) is 0.778. The number of sulfone groups is 1. The van der Waals surface area contributed by atoms with Crippen molar-refractivity contribution in [3.63, 3.8) is 0 Å². The van der Waals surface area contributed by atoms with Gasteiger partial charge in [0.1, 0.15) is 0 Å². The summed E-state index contributed by atoms with van der Waals surface area (Å²) in [5.74, 6) is -0.144. The zero-order chi connectivity index (χ0) is 14.5. The molecule has 3 rings (SSSR count). The number of carbonyl (C=O) groups is 1. The summed E-state index contributed by atoms with van der Waals surface area (Å²) in [4.78, 5) is 13.4. The number of nitrogens with zero attached hydrogens (tertiary/aromatic N) is 1. The number of anilines is 2. The third-order valence-electron chi connectivity index (χ3n) is 3.84. The molecule has 0 saturated carbocycles. The predicted octanol–water partition coefficient (Wildman–Crippen LogP) is 0.295. The van der Waals surface area contributed by atoms with E-state index in [1.165, 1.54) is 0 Å². The second kappa shape index (κ2) is 4.46. The van der Waals surface area contributed by atoms with Crippen LogP contribution in [0.2, 0.25) is 0 Å². The zero-order valence-electron chi connectivity index (χ0n) is 11.0. The fourth-order valence-electron chi connectivity index (χ4n) is 2.79. The number of aliphatic hydroxyl groups excluding tert-OH is 1. The molecule has 2 aliphatic rings. The Morgan fingerprint density at radius 3 is 2.85 bits per heavy atom. The fraction of sp³-hybridized carbons (Fsp3) is 0.462. The van der Waals surface area contributed by atoms with Crippen LogP contribution in [0.15, 0.2) is 18.2 Å². The molecule has 20 heavy (non-hydrogen) atoms. The Bertz CT molecular complexity index is 671. The van der Waals surface area contributed by atoms with Crippen LogP contribution in [0, 0.1) is 0 Å². The lowest BCUT2D eigenvalue weighted by Crippen LogP contribution is -2.47. The van der Waals surface area contributed by atoms with Crippen molar-refractivity contribution in [1.82, 2.24) is 0 Å². The first kappa shape index (κ1) is 13.4. The summed E-state index contributed by atoms with van der Waals surface area (Å²) in [5, 5.41) is 12.3. The highest BCUT2D eigenvalue weighted by atomic mass is 32.2. The normalized spacial score (nSPS) is 28.1. The minimum absolute atomic E-state index is 0.103. The standard InChI is InChI=1S/C13H16N2O4S/c1-8-7-20(18,19)5-4-15(8)9-2-3-10-11(6-9)14-13(17)12(10)16/h2-3,6,8,12,16H,4-5,7H2,1H3,(H,14,17). The summed E-state index contributed by atoms with van der Waals surface area (Å²) in [6.45, 7) is 2.32. The molecule has 7 heteroatoms. The first-order chi connectivity index (χ1) is 9.37. The first-order valence-corrected chi connectivity index (χ1v) is 8.29. The van der Waals surface area contributed by atoms with Crippen LogP contribution in [-0.4, -0.2) is 43.5 Å². The summed E-state index contributed by atoms with van der Waals surface area (Å²) in [7, 11) is -2.95. The van der Waals surface area contributed by atoms with Gasteiger partial charge in [0.15, 0.2) is 15.9 Å². The van der Waals surface area contributed by atoms with E-state index in [9.17, 15) is 18.3 Å². The molecule has 0 aromatic heterocycles. The van der Waals surface area contributed by atoms with E-state index in [1.807, 2.05) is 17.9 Å². The summed E-state index contributed by atoms with van der Waals surface area (Å²) >= 11 is 0. The molecule has 0 bridgehead atoms. The van der Waals surface area contributed by atoms with Crippen molar-refractivity contribution in [2.75, 3.05) is 28.3 Å². The molecular formula is C13H16N2O4S. The predicted molar refractivity (Wildman–Crippen MR) is 75.5 cm³/mol. The molecule has 2 unspecified atom stereocenters. The van der Waals surface area contributed by atoms with Gasteiger partial charge in [-0.05, 0) is 19.1 Å². The molecule has 1 fully saturated rings. The van der Waals surface area contributed by atoms with Gasteiger partial charge in [0, 0.05) is 29.5 Å². The first-order valence-electron chi connectivity index (χ1n) is 6.47. The van der Waals surface area contributed by atoms with Gasteiger partial charge in [-0.1, -0.05) is 6.07 Å². The van der Waals surface area contributed by atoms with Crippen molar-refractivity contribution in [3.8, 4) is 0 Å². The Hall–Kier alpha value is -1.60. The molecule has 0 aliphatic carbocycles. The van der Waals surface area contributed by atoms with Crippen LogP contribution < -0.4 is 10.2 Å². The fourth-order valence-corrected chi connectivity index (χ4v) is 4.35. The average molecular weight is 296 g/mol. The lowest BCUT2D eigenvalue weighted by atomic mass is 10.1. The molecule has 0 spiro atoms. The molecule has 2 N–H and O–H groups in total. The summed E-state index contributed by atoms with van der Waals surface area (Å²) < 4.78 is 23.2. The number of hydrogen-bond donors (Lipinski definition) is 2. The van der Waals surface area contributed by atoms with E-state index in [0.29, 0.717) is 17.8 Å². The summed E-state index contributed by atoms with van der Waals surface area (Å²) in [6, 6.07) is 5.21. The van der Waals surface area contributed by atoms with E-state index in [0.717, 1.165) is 5.69 Å². The van der Waals surface area contributed by atoms with Crippen molar-refractivity contribution in [2.24, 2.45) is 0 Å². The van der Waals surface area contributed by atoms with Gasteiger partial charge >= 0.3 is 0 Å². The lowest BCUT2D eigenvalue weighted by Gasteiger charge is -2.35. The van der Waals surface area contributed by atoms with Crippen molar-refractivity contribution < 1.29 is 18.3 Å². The highest BCUT2D eigenvalue weighted by molar-refractivity contribution is 7.91. The molecule has 2 atom stereocenters. The Kier molecular flexibility index (Phi) is 2.98. The smallest absolute Gasteiger partial charge is 0.257 e. The second-order valence-corrected chi connectivity index (χ2v) is 7.55. The van der Waals surface area contributed by atoms with E-state index in [2.05, 4.69) is 5.32 Å². The molecule has 1 saturated heterocycles. The van der Waals surface area contributed by atoms with Gasteiger partial charge in [-0.25, -0.2) is 8.42 Å². The third kappa shape index (κ3) is 2.16. The lowest BCUT2D eigenvalue weighted by molar-refractivity contribution is -0.123. The largest absolute Gasteiger partial charge is 0.378 e. The van der Waals surface area contributed by atoms with E-state index in [-0.39, 0.29) is 17.5 Å². The highest BCUT2D eigenvalue weighted by Crippen LogP contribution is 2.34. The zero-order valence-corrected chi connectivity index (χ0v) is 11.9. The minimum atomic E-state index is -2.95. The Morgan fingerprint density at radius 2 is 2.15 bits per heavy atom. The number of fused-ring (bicyclic) bond motifs is 1. The van der Waals surface area contributed by atoms with Gasteiger partial charge in [0.2, 0.25) is 0 Å². The second-order valence-electron chi connectivity index (χ2n) is 5.32. The van der Waals surface area contributed by atoms with Crippen LogP contribution in [0.3, 0.4) is 0 Å². The molecule has 2 aliphatic heterocycles. The maximum absolute atomic E-state index is 11.6. The summed E-state index contributed by atoms with van der Waals surface area (Å²) in [6.07, 6.45) is -1.11. The molecule has 1 aromatic carbocycles. The third-order valence-corrected chi connectivity index (χ3v) is 5.63. The van der Waals surface area contributed by atoms with Gasteiger partial charge in [-0.15, -0.1) is 0 Å². The molecule has 1 amide bonds. The number of nitrogens with one attached hydrogen (secondary N) is 1. The number of hydrogen-bond acceptors (Lipinski definition) is 5. The maximum Gasteiger partial charge on any atom is 0.257 e. The van der Waals surface area contributed by atoms with Crippen LogP contribution >= 0.6 is 0 Å². The molecule has 1 aromatic rings. The van der Waals surface area contributed by atoms with Gasteiger partial charge in [-0.2, -0.15) is 0 Å². The molecule has 6 nitrogen and oxygen atoms in total. The van der Waals surface area contributed by atoms with E-state index in [4.69, 9.17) is 0 Å². The monoisotopic (exact) mass is 296 g/mol. The highest BCUT2D eigenvalue weighted by Gasteiger charge is 2.31. The van der Waals surface area contributed by atoms with Gasteiger partial charge in [0.25, 0.3) is 5.91 Å². The van der Waals surface area contributed by atoms with Crippen molar-refractivity contribution in [3.05, 3.63) is 23.8 Å². The summed E-state index contributed by atoms with van der Waals surface area (Å²) in [5.41, 5.74) is 2.03. The SMILES string of the molecule is CC1CS(=O)(=O)CCN1c1ccc2c(c1)NC(=O)C2O. The van der Waals surface area contributed by atoms with E-state index < -0.39 is 21.8 Å². The van der Waals surface area contributed by atoms with E-state index >= 15 is 0 Å². The van der Waals surface area contributed by atoms with E-state index in [1.54, 1.807) is 12.1 Å². The number of benzene rings is 1. The number of rotatable bonds is 1.